The van der Waals surface area contributed by atoms with Crippen LogP contribution in [0.25, 0.3) is 11.4 Å². The Hall–Kier alpha value is -2.70. The van der Waals surface area contributed by atoms with E-state index in [1.54, 1.807) is 36.1 Å². The third-order valence-corrected chi connectivity index (χ3v) is 4.32. The van der Waals surface area contributed by atoms with E-state index in [9.17, 15) is 14.7 Å². The summed E-state index contributed by atoms with van der Waals surface area (Å²) in [6.45, 7) is 2.37. The topological polar surface area (TPSA) is 96.5 Å². The second-order valence-corrected chi connectivity index (χ2v) is 5.66. The Kier molecular flexibility index (Phi) is 4.10. The Morgan fingerprint density at radius 2 is 2.04 bits per heavy atom. The molecule has 0 saturated carbocycles. The normalized spacial score (nSPS) is 21.2. The van der Waals surface area contributed by atoms with Crippen LogP contribution < -0.4 is 0 Å². The fourth-order valence-electron chi connectivity index (χ4n) is 2.99. The number of hydrogen-bond acceptors (Lipinski definition) is 5. The van der Waals surface area contributed by atoms with Crippen LogP contribution in [0.5, 0.6) is 0 Å². The molecule has 2 aromatic rings. The van der Waals surface area contributed by atoms with Crippen molar-refractivity contribution in [1.29, 1.82) is 0 Å². The minimum absolute atomic E-state index is 0.150. The number of carboxylic acid groups (broad SMARTS) is 1. The third-order valence-electron chi connectivity index (χ3n) is 4.32. The lowest BCUT2D eigenvalue weighted by Crippen LogP contribution is -2.49. The van der Waals surface area contributed by atoms with Crippen LogP contribution in [0, 0.1) is 5.92 Å². The lowest BCUT2D eigenvalue weighted by molar-refractivity contribution is -0.144. The van der Waals surface area contributed by atoms with Crippen molar-refractivity contribution in [1.82, 2.24) is 15.0 Å². The molecule has 0 radical (unpaired) electrons. The van der Waals surface area contributed by atoms with Crippen molar-refractivity contribution in [3.8, 4) is 11.4 Å². The minimum Gasteiger partial charge on any atom is -0.481 e. The van der Waals surface area contributed by atoms with E-state index in [4.69, 9.17) is 4.52 Å². The molecule has 1 N–H and O–H groups in total. The molecule has 0 aliphatic carbocycles. The number of aliphatic carboxylic acids is 1. The van der Waals surface area contributed by atoms with Crippen molar-refractivity contribution < 1.29 is 19.2 Å². The number of amides is 1. The number of likely N-dealkylation sites (tertiary alicyclic amines) is 1. The molecule has 7 heteroatoms. The number of nitrogens with zero attached hydrogens (tertiary/aromatic N) is 3. The number of rotatable bonds is 3. The van der Waals surface area contributed by atoms with Crippen molar-refractivity contribution in [2.45, 2.75) is 25.8 Å². The van der Waals surface area contributed by atoms with Crippen molar-refractivity contribution in [3.05, 3.63) is 36.2 Å². The molecule has 1 saturated heterocycles. The van der Waals surface area contributed by atoms with Crippen LogP contribution in [0.2, 0.25) is 0 Å². The zero-order valence-corrected chi connectivity index (χ0v) is 12.7. The summed E-state index contributed by atoms with van der Waals surface area (Å²) in [5.41, 5.74) is 1.28. The average Bonchev–Trinajstić information content (AvgIpc) is 3.09. The molecule has 23 heavy (non-hydrogen) atoms. The monoisotopic (exact) mass is 315 g/mol. The van der Waals surface area contributed by atoms with E-state index in [0.29, 0.717) is 30.8 Å². The highest BCUT2D eigenvalue weighted by atomic mass is 16.5. The molecule has 1 aliphatic heterocycles. The maximum absolute atomic E-state index is 12.7. The maximum atomic E-state index is 12.7. The Labute approximate surface area is 132 Å². The van der Waals surface area contributed by atoms with Crippen LogP contribution >= 0.6 is 0 Å². The molecule has 2 heterocycles. The zero-order valence-electron chi connectivity index (χ0n) is 12.7. The fraction of sp³-hybridized carbons (Fsp3) is 0.375. The number of aromatic nitrogens is 2. The molecular formula is C16H17N3O4. The number of carbonyl (C=O) groups is 2. The van der Waals surface area contributed by atoms with Gasteiger partial charge in [0.15, 0.2) is 0 Å². The van der Waals surface area contributed by atoms with Gasteiger partial charge in [0.25, 0.3) is 5.91 Å². The lowest BCUT2D eigenvalue weighted by Gasteiger charge is -2.37. The molecule has 1 amide bonds. The average molecular weight is 315 g/mol. The smallest absolute Gasteiger partial charge is 0.308 e. The predicted octanol–water partition coefficient (Wildman–Crippen LogP) is 2.06. The highest BCUT2D eigenvalue weighted by Gasteiger charge is 2.35. The van der Waals surface area contributed by atoms with Gasteiger partial charge in [-0.2, -0.15) is 4.98 Å². The molecule has 0 spiro atoms. The van der Waals surface area contributed by atoms with E-state index in [2.05, 4.69) is 10.1 Å². The first-order valence-corrected chi connectivity index (χ1v) is 7.48. The highest BCUT2D eigenvalue weighted by Crippen LogP contribution is 2.26. The molecule has 1 aromatic carbocycles. The number of carboxylic acids is 1. The van der Waals surface area contributed by atoms with Crippen molar-refractivity contribution >= 4 is 11.9 Å². The molecule has 120 valence electrons. The first-order chi connectivity index (χ1) is 11.1. The zero-order chi connectivity index (χ0) is 16.4. The number of piperidine rings is 1. The molecule has 0 bridgehead atoms. The van der Waals surface area contributed by atoms with Crippen LogP contribution in [-0.4, -0.2) is 44.6 Å². The third kappa shape index (κ3) is 2.94. The quantitative estimate of drug-likeness (QED) is 0.931. The summed E-state index contributed by atoms with van der Waals surface area (Å²) in [6.07, 6.45) is 2.56. The van der Waals surface area contributed by atoms with E-state index in [0.717, 1.165) is 5.56 Å². The van der Waals surface area contributed by atoms with Crippen LogP contribution in [-0.2, 0) is 4.79 Å². The van der Waals surface area contributed by atoms with Crippen molar-refractivity contribution in [2.75, 3.05) is 6.54 Å². The summed E-state index contributed by atoms with van der Waals surface area (Å²) in [5, 5.41) is 13.0. The van der Waals surface area contributed by atoms with Crippen LogP contribution in [0.1, 0.15) is 30.1 Å². The molecule has 7 nitrogen and oxygen atoms in total. The molecule has 3 rings (SSSR count). The Morgan fingerprint density at radius 3 is 2.65 bits per heavy atom. The van der Waals surface area contributed by atoms with E-state index >= 15 is 0 Å². The van der Waals surface area contributed by atoms with Gasteiger partial charge in [-0.1, -0.05) is 17.3 Å². The minimum atomic E-state index is -0.845. The van der Waals surface area contributed by atoms with Gasteiger partial charge in [0, 0.05) is 23.7 Å². The molecular weight excluding hydrogens is 298 g/mol. The Bertz CT molecular complexity index is 697. The first-order valence-electron chi connectivity index (χ1n) is 7.48. The fourth-order valence-corrected chi connectivity index (χ4v) is 2.99. The Morgan fingerprint density at radius 1 is 1.30 bits per heavy atom. The summed E-state index contributed by atoms with van der Waals surface area (Å²) >= 11 is 0. The van der Waals surface area contributed by atoms with Gasteiger partial charge in [-0.25, -0.2) is 0 Å². The van der Waals surface area contributed by atoms with E-state index in [1.165, 1.54) is 6.39 Å². The SMILES string of the molecule is C[C@@H]1[C@H](C(=O)O)CCCN1C(=O)c1ccc(-c2ncon2)cc1. The number of hydrogen-bond donors (Lipinski definition) is 1. The summed E-state index contributed by atoms with van der Waals surface area (Å²) < 4.78 is 4.70. The van der Waals surface area contributed by atoms with Gasteiger partial charge in [-0.15, -0.1) is 0 Å². The van der Waals surface area contributed by atoms with Crippen LogP contribution in [0.3, 0.4) is 0 Å². The van der Waals surface area contributed by atoms with Crippen molar-refractivity contribution in [3.63, 3.8) is 0 Å². The molecule has 2 atom stereocenters. The van der Waals surface area contributed by atoms with E-state index in [1.807, 2.05) is 0 Å². The number of benzene rings is 1. The molecule has 1 fully saturated rings. The second-order valence-electron chi connectivity index (χ2n) is 5.66. The predicted molar refractivity (Wildman–Crippen MR) is 80.6 cm³/mol. The van der Waals surface area contributed by atoms with Gasteiger partial charge in [-0.3, -0.25) is 9.59 Å². The lowest BCUT2D eigenvalue weighted by atomic mass is 9.90. The largest absolute Gasteiger partial charge is 0.481 e. The maximum Gasteiger partial charge on any atom is 0.308 e. The molecule has 0 unspecified atom stereocenters. The van der Waals surface area contributed by atoms with Gasteiger partial charge in [0.1, 0.15) is 0 Å². The van der Waals surface area contributed by atoms with Crippen LogP contribution in [0.15, 0.2) is 35.2 Å². The summed E-state index contributed by atoms with van der Waals surface area (Å²) in [6, 6.07) is 6.59. The Balaban J connectivity index is 1.78. The van der Waals surface area contributed by atoms with Gasteiger partial charge in [0.2, 0.25) is 12.2 Å². The summed E-state index contributed by atoms with van der Waals surface area (Å²) in [5.74, 6) is -1.04. The molecule has 1 aliphatic rings. The van der Waals surface area contributed by atoms with Crippen LogP contribution in [0.4, 0.5) is 0 Å². The van der Waals surface area contributed by atoms with Gasteiger partial charge < -0.3 is 14.5 Å². The molecule has 1 aromatic heterocycles. The first kappa shape index (κ1) is 15.2. The van der Waals surface area contributed by atoms with E-state index < -0.39 is 11.9 Å². The number of carbonyl (C=O) groups excluding carboxylic acids is 1. The van der Waals surface area contributed by atoms with Gasteiger partial charge >= 0.3 is 5.97 Å². The van der Waals surface area contributed by atoms with E-state index in [-0.39, 0.29) is 11.9 Å². The summed E-state index contributed by atoms with van der Waals surface area (Å²) in [7, 11) is 0. The highest BCUT2D eigenvalue weighted by molar-refractivity contribution is 5.95. The van der Waals surface area contributed by atoms with Crippen molar-refractivity contribution in [2.24, 2.45) is 5.92 Å². The van der Waals surface area contributed by atoms with Gasteiger partial charge in [-0.05, 0) is 31.9 Å². The van der Waals surface area contributed by atoms with Gasteiger partial charge in [0.05, 0.1) is 5.92 Å². The summed E-state index contributed by atoms with van der Waals surface area (Å²) in [4.78, 5) is 29.5. The second kappa shape index (κ2) is 6.20. The standard InChI is InChI=1S/C16H17N3O4/c1-10-13(16(21)22)3-2-8-19(10)15(20)12-6-4-11(5-7-12)14-17-9-23-18-14/h4-7,9-10,13H,2-3,8H2,1H3,(H,21,22)/t10-,13-/m1/s1.